The number of anilines is 2. The summed E-state index contributed by atoms with van der Waals surface area (Å²) in [7, 11) is 0. The molecular weight excluding hydrogens is 326 g/mol. The molecule has 0 aromatic carbocycles. The molecule has 0 spiro atoms. The molecule has 1 aromatic rings. The van der Waals surface area contributed by atoms with Gasteiger partial charge in [0.25, 0.3) is 5.56 Å². The van der Waals surface area contributed by atoms with Crippen molar-refractivity contribution in [3.63, 3.8) is 0 Å². The number of carbonyl (C=O) groups is 1. The molecule has 4 aliphatic rings. The number of amides is 1. The van der Waals surface area contributed by atoms with Gasteiger partial charge in [-0.3, -0.25) is 14.6 Å². The van der Waals surface area contributed by atoms with Crippen LogP contribution in [0.2, 0.25) is 0 Å². The van der Waals surface area contributed by atoms with Crippen LogP contribution in [0, 0.1) is 17.8 Å². The fourth-order valence-electron chi connectivity index (χ4n) is 5.28. The van der Waals surface area contributed by atoms with Gasteiger partial charge in [0.15, 0.2) is 11.0 Å². The van der Waals surface area contributed by atoms with Crippen molar-refractivity contribution in [3.05, 3.63) is 10.4 Å². The maximum Gasteiger partial charge on any atom is 0.276 e. The van der Waals surface area contributed by atoms with Crippen LogP contribution in [0.4, 0.5) is 11.5 Å². The normalized spacial score (nSPS) is 33.6. The van der Waals surface area contributed by atoms with Crippen molar-refractivity contribution in [1.29, 1.82) is 0 Å². The third-order valence-corrected chi connectivity index (χ3v) is 6.62. The van der Waals surface area contributed by atoms with Crippen molar-refractivity contribution in [2.24, 2.45) is 17.8 Å². The number of H-pyrrole nitrogens is 1. The van der Waals surface area contributed by atoms with Crippen LogP contribution >= 0.6 is 11.8 Å². The van der Waals surface area contributed by atoms with Crippen LogP contribution in [0.15, 0.2) is 9.95 Å². The molecule has 5 rings (SSSR count). The first-order valence-electron chi connectivity index (χ1n) is 8.51. The number of hydrogen-bond donors (Lipinski definition) is 4. The minimum atomic E-state index is -0.466. The molecular formula is C16H23N5O2S. The van der Waals surface area contributed by atoms with Crippen LogP contribution in [0.25, 0.3) is 0 Å². The lowest BCUT2D eigenvalue weighted by atomic mass is 9.53. The van der Waals surface area contributed by atoms with Gasteiger partial charge in [0.1, 0.15) is 5.69 Å². The fraction of sp³-hybridized carbons (Fsp3) is 0.688. The van der Waals surface area contributed by atoms with Gasteiger partial charge >= 0.3 is 0 Å². The van der Waals surface area contributed by atoms with Crippen LogP contribution in [-0.4, -0.2) is 27.2 Å². The Morgan fingerprint density at radius 3 is 2.33 bits per heavy atom. The van der Waals surface area contributed by atoms with E-state index >= 15 is 0 Å². The van der Waals surface area contributed by atoms with E-state index in [0.29, 0.717) is 5.16 Å². The van der Waals surface area contributed by atoms with Gasteiger partial charge in [-0.2, -0.15) is 0 Å². The number of thioether (sulfide) groups is 1. The predicted molar refractivity (Wildman–Crippen MR) is 93.5 cm³/mol. The van der Waals surface area contributed by atoms with Crippen molar-refractivity contribution in [2.45, 2.75) is 49.2 Å². The van der Waals surface area contributed by atoms with E-state index in [1.807, 2.05) is 0 Å². The van der Waals surface area contributed by atoms with Gasteiger partial charge in [0.2, 0.25) is 5.91 Å². The van der Waals surface area contributed by atoms with Gasteiger partial charge in [-0.25, -0.2) is 4.98 Å². The number of carbonyl (C=O) groups excluding carboxylic acids is 1. The average Bonchev–Trinajstić information content (AvgIpc) is 2.48. The van der Waals surface area contributed by atoms with E-state index in [0.717, 1.165) is 37.0 Å². The van der Waals surface area contributed by atoms with Crippen molar-refractivity contribution in [2.75, 3.05) is 17.2 Å². The second kappa shape index (κ2) is 5.68. The maximum atomic E-state index is 12.4. The van der Waals surface area contributed by atoms with E-state index in [4.69, 9.17) is 11.5 Å². The van der Waals surface area contributed by atoms with E-state index < -0.39 is 5.56 Å². The average molecular weight is 349 g/mol. The Hall–Kier alpha value is -1.70. The van der Waals surface area contributed by atoms with Gasteiger partial charge in [0.05, 0.1) is 5.75 Å². The third kappa shape index (κ3) is 2.87. The number of aromatic amines is 1. The first-order valence-corrected chi connectivity index (χ1v) is 9.50. The summed E-state index contributed by atoms with van der Waals surface area (Å²) in [6.07, 6.45) is 7.41. The smallest absolute Gasteiger partial charge is 0.276 e. The zero-order valence-corrected chi connectivity index (χ0v) is 14.3. The Labute approximate surface area is 144 Å². The molecule has 6 N–H and O–H groups in total. The summed E-state index contributed by atoms with van der Waals surface area (Å²) in [4.78, 5) is 30.6. The molecule has 1 amide bonds. The van der Waals surface area contributed by atoms with Crippen LogP contribution < -0.4 is 22.3 Å². The Kier molecular flexibility index (Phi) is 3.74. The molecule has 4 aliphatic carbocycles. The number of nitrogens with zero attached hydrogens (tertiary/aromatic N) is 1. The lowest BCUT2D eigenvalue weighted by Crippen LogP contribution is -2.60. The van der Waals surface area contributed by atoms with E-state index in [1.165, 1.54) is 31.0 Å². The first-order chi connectivity index (χ1) is 11.4. The summed E-state index contributed by atoms with van der Waals surface area (Å²) >= 11 is 1.18. The zero-order valence-electron chi connectivity index (χ0n) is 13.5. The molecule has 7 nitrogen and oxygen atoms in total. The topological polar surface area (TPSA) is 127 Å². The number of nitrogens with one attached hydrogen (secondary N) is 2. The number of hydrogen-bond acceptors (Lipinski definition) is 6. The maximum absolute atomic E-state index is 12.4. The molecule has 4 fully saturated rings. The van der Waals surface area contributed by atoms with E-state index in [1.54, 1.807) is 0 Å². The Bertz CT molecular complexity index is 696. The Morgan fingerprint density at radius 1 is 1.21 bits per heavy atom. The monoisotopic (exact) mass is 349 g/mol. The summed E-state index contributed by atoms with van der Waals surface area (Å²) in [6.45, 7) is 0. The highest BCUT2D eigenvalue weighted by atomic mass is 32.2. The first kappa shape index (κ1) is 15.8. The molecule has 0 atom stereocenters. The summed E-state index contributed by atoms with van der Waals surface area (Å²) in [5, 5.41) is 3.63. The second-order valence-electron chi connectivity index (χ2n) is 7.70. The van der Waals surface area contributed by atoms with Crippen LogP contribution in [0.3, 0.4) is 0 Å². The highest BCUT2D eigenvalue weighted by Gasteiger charge is 2.51. The van der Waals surface area contributed by atoms with Gasteiger partial charge < -0.3 is 16.8 Å². The van der Waals surface area contributed by atoms with Crippen molar-refractivity contribution >= 4 is 29.2 Å². The summed E-state index contributed by atoms with van der Waals surface area (Å²) in [5.41, 5.74) is 10.5. The minimum absolute atomic E-state index is 0.00000425. The second-order valence-corrected chi connectivity index (χ2v) is 8.67. The van der Waals surface area contributed by atoms with E-state index in [2.05, 4.69) is 15.3 Å². The number of rotatable bonds is 4. The summed E-state index contributed by atoms with van der Waals surface area (Å²) < 4.78 is 0. The van der Waals surface area contributed by atoms with Crippen molar-refractivity contribution in [3.8, 4) is 0 Å². The van der Waals surface area contributed by atoms with Crippen LogP contribution in [0.5, 0.6) is 0 Å². The van der Waals surface area contributed by atoms with Gasteiger partial charge in [-0.1, -0.05) is 11.8 Å². The summed E-state index contributed by atoms with van der Waals surface area (Å²) in [6, 6.07) is 0. The molecule has 8 heteroatoms. The van der Waals surface area contributed by atoms with Crippen LogP contribution in [-0.2, 0) is 4.79 Å². The molecule has 130 valence electrons. The molecule has 0 radical (unpaired) electrons. The Morgan fingerprint density at radius 2 is 1.79 bits per heavy atom. The van der Waals surface area contributed by atoms with Crippen LogP contribution in [0.1, 0.15) is 38.5 Å². The van der Waals surface area contributed by atoms with Gasteiger partial charge in [-0.15, -0.1) is 0 Å². The lowest BCUT2D eigenvalue weighted by Gasteiger charge is -2.56. The van der Waals surface area contributed by atoms with Gasteiger partial charge in [-0.05, 0) is 56.3 Å². The van der Waals surface area contributed by atoms with E-state index in [9.17, 15) is 9.59 Å². The minimum Gasteiger partial charge on any atom is -0.391 e. The number of aromatic nitrogens is 2. The van der Waals surface area contributed by atoms with E-state index in [-0.39, 0.29) is 28.7 Å². The van der Waals surface area contributed by atoms with Crippen molar-refractivity contribution in [1.82, 2.24) is 15.3 Å². The molecule has 4 saturated carbocycles. The third-order valence-electron chi connectivity index (χ3n) is 5.75. The Balaban J connectivity index is 1.38. The zero-order chi connectivity index (χ0) is 16.9. The largest absolute Gasteiger partial charge is 0.391 e. The molecule has 1 heterocycles. The molecule has 1 aromatic heterocycles. The number of nitrogen functional groups attached to an aromatic ring is 2. The highest BCUT2D eigenvalue weighted by molar-refractivity contribution is 7.99. The lowest BCUT2D eigenvalue weighted by molar-refractivity contribution is -0.124. The van der Waals surface area contributed by atoms with Gasteiger partial charge in [0, 0.05) is 5.54 Å². The summed E-state index contributed by atoms with van der Waals surface area (Å²) in [5.74, 6) is 2.59. The molecule has 0 saturated heterocycles. The molecule has 0 aliphatic heterocycles. The number of nitrogens with two attached hydrogens (primary N) is 2. The molecule has 24 heavy (non-hydrogen) atoms. The quantitative estimate of drug-likeness (QED) is 0.476. The predicted octanol–water partition coefficient (Wildman–Crippen LogP) is 1.11. The van der Waals surface area contributed by atoms with Crippen molar-refractivity contribution < 1.29 is 4.79 Å². The fourth-order valence-corrected chi connectivity index (χ4v) is 5.94. The highest BCUT2D eigenvalue weighted by Crippen LogP contribution is 2.55. The standard InChI is InChI=1S/C16H23N5O2S/c17-12-13(18)19-15(20-14(12)23)24-7-11(22)21-16-4-8-1-9(5-16)3-10(2-8)6-16/h8-10H,1-7,17H2,(H,21,22)(H3,18,19,20,23). The SMILES string of the molecule is Nc1nc(SCC(=O)NC23CC4CC(CC(C4)C2)C3)[nH]c(=O)c1N. The molecule has 0 unspecified atom stereocenters. The molecule has 4 bridgehead atoms.